The SMILES string of the molecule is CCn1c(-c2c(F)cccc2F)c(C=O)cc(Cl)c1=O. The largest absolute Gasteiger partial charge is 0.306 e. The van der Waals surface area contributed by atoms with Gasteiger partial charge in [-0.2, -0.15) is 0 Å². The lowest BCUT2D eigenvalue weighted by Crippen LogP contribution is -2.23. The van der Waals surface area contributed by atoms with Crippen LogP contribution in [0.4, 0.5) is 8.78 Å². The van der Waals surface area contributed by atoms with E-state index in [-0.39, 0.29) is 22.8 Å². The van der Waals surface area contributed by atoms with Gasteiger partial charge in [-0.3, -0.25) is 9.59 Å². The summed E-state index contributed by atoms with van der Waals surface area (Å²) in [5.74, 6) is -1.70. The number of carbonyl (C=O) groups excluding carboxylic acids is 1. The molecule has 0 amide bonds. The van der Waals surface area contributed by atoms with Gasteiger partial charge in [0.1, 0.15) is 16.7 Å². The van der Waals surface area contributed by atoms with Crippen LogP contribution >= 0.6 is 11.6 Å². The van der Waals surface area contributed by atoms with Gasteiger partial charge in [0, 0.05) is 12.1 Å². The highest BCUT2D eigenvalue weighted by atomic mass is 35.5. The molecule has 0 N–H and O–H groups in total. The molecule has 2 aromatic rings. The van der Waals surface area contributed by atoms with Crippen molar-refractivity contribution in [1.29, 1.82) is 0 Å². The number of aldehydes is 1. The highest BCUT2D eigenvalue weighted by molar-refractivity contribution is 6.30. The fourth-order valence-corrected chi connectivity index (χ4v) is 2.27. The van der Waals surface area contributed by atoms with Crippen LogP contribution in [0, 0.1) is 11.6 Å². The van der Waals surface area contributed by atoms with Crippen molar-refractivity contribution in [2.45, 2.75) is 13.5 Å². The summed E-state index contributed by atoms with van der Waals surface area (Å²) in [5.41, 5.74) is -1.16. The molecule has 3 nitrogen and oxygen atoms in total. The maximum atomic E-state index is 13.9. The summed E-state index contributed by atoms with van der Waals surface area (Å²) in [6, 6.07) is 4.45. The number of benzene rings is 1. The predicted molar refractivity (Wildman–Crippen MR) is 72.1 cm³/mol. The molecule has 2 rings (SSSR count). The zero-order chi connectivity index (χ0) is 14.9. The van der Waals surface area contributed by atoms with E-state index in [1.54, 1.807) is 6.92 Å². The Balaban J connectivity index is 2.96. The van der Waals surface area contributed by atoms with E-state index in [1.165, 1.54) is 6.07 Å². The van der Waals surface area contributed by atoms with E-state index in [0.717, 1.165) is 22.8 Å². The summed E-state index contributed by atoms with van der Waals surface area (Å²) >= 11 is 5.74. The van der Waals surface area contributed by atoms with Crippen LogP contribution in [0.3, 0.4) is 0 Å². The van der Waals surface area contributed by atoms with E-state index in [1.807, 2.05) is 0 Å². The number of carbonyl (C=O) groups is 1. The monoisotopic (exact) mass is 297 g/mol. The van der Waals surface area contributed by atoms with E-state index in [2.05, 4.69) is 0 Å². The summed E-state index contributed by atoms with van der Waals surface area (Å²) in [7, 11) is 0. The quantitative estimate of drug-likeness (QED) is 0.816. The molecule has 0 saturated heterocycles. The third kappa shape index (κ3) is 2.25. The van der Waals surface area contributed by atoms with Crippen molar-refractivity contribution < 1.29 is 13.6 Å². The first-order valence-electron chi connectivity index (χ1n) is 5.84. The minimum atomic E-state index is -0.850. The van der Waals surface area contributed by atoms with Gasteiger partial charge >= 0.3 is 0 Å². The average molecular weight is 298 g/mol. The zero-order valence-corrected chi connectivity index (χ0v) is 11.2. The van der Waals surface area contributed by atoms with Crippen molar-refractivity contribution in [1.82, 2.24) is 4.57 Å². The number of nitrogens with zero attached hydrogens (tertiary/aromatic N) is 1. The molecule has 0 radical (unpaired) electrons. The highest BCUT2D eigenvalue weighted by Gasteiger charge is 2.20. The van der Waals surface area contributed by atoms with E-state index >= 15 is 0 Å². The lowest BCUT2D eigenvalue weighted by molar-refractivity contribution is 0.112. The van der Waals surface area contributed by atoms with Crippen molar-refractivity contribution in [3.05, 3.63) is 56.8 Å². The Hall–Kier alpha value is -2.01. The normalized spacial score (nSPS) is 10.6. The molecule has 1 heterocycles. The molecular formula is C14H10ClF2NO2. The van der Waals surface area contributed by atoms with Crippen molar-refractivity contribution in [3.63, 3.8) is 0 Å². The van der Waals surface area contributed by atoms with E-state index in [4.69, 9.17) is 11.6 Å². The van der Waals surface area contributed by atoms with Gasteiger partial charge in [0.15, 0.2) is 6.29 Å². The second-order valence-corrected chi connectivity index (χ2v) is 4.47. The fourth-order valence-electron chi connectivity index (χ4n) is 2.05. The Morgan fingerprint density at radius 1 is 1.30 bits per heavy atom. The molecule has 0 fully saturated rings. The lowest BCUT2D eigenvalue weighted by atomic mass is 10.0. The molecule has 0 saturated carbocycles. The number of hydrogen-bond acceptors (Lipinski definition) is 2. The maximum Gasteiger partial charge on any atom is 0.269 e. The number of hydrogen-bond donors (Lipinski definition) is 0. The second-order valence-electron chi connectivity index (χ2n) is 4.06. The molecule has 104 valence electrons. The first kappa shape index (κ1) is 14.4. The van der Waals surface area contributed by atoms with Gasteiger partial charge < -0.3 is 4.57 Å². The third-order valence-electron chi connectivity index (χ3n) is 2.92. The molecule has 0 atom stereocenters. The van der Waals surface area contributed by atoms with Crippen LogP contribution in [0.2, 0.25) is 5.02 Å². The number of rotatable bonds is 3. The third-order valence-corrected chi connectivity index (χ3v) is 3.19. The molecular weight excluding hydrogens is 288 g/mol. The van der Waals surface area contributed by atoms with Gasteiger partial charge in [-0.1, -0.05) is 17.7 Å². The Morgan fingerprint density at radius 3 is 2.40 bits per heavy atom. The van der Waals surface area contributed by atoms with Crippen molar-refractivity contribution in [2.24, 2.45) is 0 Å². The Bertz CT molecular complexity index is 720. The number of halogens is 3. The number of aromatic nitrogens is 1. The van der Waals surface area contributed by atoms with E-state index in [9.17, 15) is 18.4 Å². The van der Waals surface area contributed by atoms with Crippen LogP contribution in [0.15, 0.2) is 29.1 Å². The minimum absolute atomic E-state index is 0.0412. The molecule has 0 bridgehead atoms. The Kier molecular flexibility index (Phi) is 3.99. The van der Waals surface area contributed by atoms with Crippen LogP contribution in [-0.2, 0) is 6.54 Å². The van der Waals surface area contributed by atoms with Crippen LogP contribution in [0.25, 0.3) is 11.3 Å². The standard InChI is InChI=1S/C14H10ClF2NO2/c1-2-18-13(8(7-19)6-9(15)14(18)20)12-10(16)4-3-5-11(12)17/h3-7H,2H2,1H3. The summed E-state index contributed by atoms with van der Waals surface area (Å²) in [5, 5.41) is -0.172. The molecule has 20 heavy (non-hydrogen) atoms. The van der Waals surface area contributed by atoms with Crippen LogP contribution < -0.4 is 5.56 Å². The topological polar surface area (TPSA) is 39.1 Å². The second kappa shape index (κ2) is 5.54. The van der Waals surface area contributed by atoms with Crippen LogP contribution in [0.1, 0.15) is 17.3 Å². The maximum absolute atomic E-state index is 13.9. The molecule has 1 aromatic carbocycles. The first-order valence-corrected chi connectivity index (χ1v) is 6.22. The van der Waals surface area contributed by atoms with Gasteiger partial charge in [-0.05, 0) is 25.1 Å². The van der Waals surface area contributed by atoms with Crippen LogP contribution in [-0.4, -0.2) is 10.9 Å². The van der Waals surface area contributed by atoms with Gasteiger partial charge in [0.05, 0.1) is 11.3 Å². The van der Waals surface area contributed by atoms with Gasteiger partial charge in [0.25, 0.3) is 5.56 Å². The summed E-state index contributed by atoms with van der Waals surface area (Å²) in [6.07, 6.45) is 0.415. The Labute approximate surface area is 118 Å². The number of pyridine rings is 1. The summed E-state index contributed by atoms with van der Waals surface area (Å²) in [6.45, 7) is 1.75. The molecule has 1 aromatic heterocycles. The smallest absolute Gasteiger partial charge is 0.269 e. The van der Waals surface area contributed by atoms with Gasteiger partial charge in [0.2, 0.25) is 0 Å². The van der Waals surface area contributed by atoms with Gasteiger partial charge in [-0.25, -0.2) is 8.78 Å². The molecule has 6 heteroatoms. The molecule has 0 aliphatic carbocycles. The summed E-state index contributed by atoms with van der Waals surface area (Å²) < 4.78 is 28.9. The molecule has 0 aliphatic heterocycles. The van der Waals surface area contributed by atoms with Gasteiger partial charge in [-0.15, -0.1) is 0 Å². The van der Waals surface area contributed by atoms with Crippen molar-refractivity contribution in [3.8, 4) is 11.3 Å². The van der Waals surface area contributed by atoms with Crippen molar-refractivity contribution in [2.75, 3.05) is 0 Å². The Morgan fingerprint density at radius 2 is 1.90 bits per heavy atom. The lowest BCUT2D eigenvalue weighted by Gasteiger charge is -2.15. The molecule has 0 aliphatic rings. The summed E-state index contributed by atoms with van der Waals surface area (Å²) in [4.78, 5) is 23.1. The zero-order valence-electron chi connectivity index (χ0n) is 10.5. The van der Waals surface area contributed by atoms with Crippen LogP contribution in [0.5, 0.6) is 0 Å². The highest BCUT2D eigenvalue weighted by Crippen LogP contribution is 2.28. The molecule has 0 spiro atoms. The minimum Gasteiger partial charge on any atom is -0.306 e. The van der Waals surface area contributed by atoms with E-state index < -0.39 is 22.8 Å². The predicted octanol–water partition coefficient (Wildman–Crippen LogP) is 3.28. The molecule has 0 unspecified atom stereocenters. The fraction of sp³-hybridized carbons (Fsp3) is 0.143. The first-order chi connectivity index (χ1) is 9.51. The van der Waals surface area contributed by atoms with Crippen molar-refractivity contribution >= 4 is 17.9 Å². The van der Waals surface area contributed by atoms with E-state index in [0.29, 0.717) is 6.29 Å². The average Bonchev–Trinajstić information content (AvgIpc) is 2.42.